The molecule has 0 aromatic heterocycles. The summed E-state index contributed by atoms with van der Waals surface area (Å²) in [7, 11) is 1.65. The van der Waals surface area contributed by atoms with Crippen LogP contribution in [0, 0.1) is 5.21 Å². The lowest BCUT2D eigenvalue weighted by atomic mass is 10.1. The average molecular weight is 258 g/mol. The molecule has 7 nitrogen and oxygen atoms in total. The molecule has 104 valence electrons. The molecule has 1 fully saturated rings. The van der Waals surface area contributed by atoms with Crippen LogP contribution in [0.15, 0.2) is 5.28 Å². The molecular formula is C11H22N4O3. The van der Waals surface area contributed by atoms with E-state index in [1.807, 2.05) is 20.8 Å². The molecule has 0 saturated carbocycles. The zero-order chi connectivity index (χ0) is 13.9. The summed E-state index contributed by atoms with van der Waals surface area (Å²) in [5.41, 5.74) is -0.324. The average Bonchev–Trinajstić information content (AvgIpc) is 2.72. The molecule has 1 aliphatic rings. The van der Waals surface area contributed by atoms with Gasteiger partial charge in [0.2, 0.25) is 11.2 Å². The summed E-state index contributed by atoms with van der Waals surface area (Å²) >= 11 is 0. The van der Waals surface area contributed by atoms with Gasteiger partial charge >= 0.3 is 0 Å². The fraction of sp³-hybridized carbons (Fsp3) is 0.909. The number of hydrogen-bond acceptors (Lipinski definition) is 4. The predicted molar refractivity (Wildman–Crippen MR) is 65.3 cm³/mol. The van der Waals surface area contributed by atoms with Crippen molar-refractivity contribution in [2.24, 2.45) is 5.28 Å². The Balaban J connectivity index is 2.48. The van der Waals surface area contributed by atoms with E-state index in [4.69, 9.17) is 4.84 Å². The predicted octanol–water partition coefficient (Wildman–Crippen LogP) is 1.15. The summed E-state index contributed by atoms with van der Waals surface area (Å²) in [5.74, 6) is 0.0203. The minimum atomic E-state index is -0.324. The maximum absolute atomic E-state index is 11.6. The van der Waals surface area contributed by atoms with Crippen LogP contribution in [-0.4, -0.2) is 52.6 Å². The normalized spacial score (nSPS) is 21.1. The molecule has 0 unspecified atom stereocenters. The second-order valence-electron chi connectivity index (χ2n) is 5.51. The number of hydrogen-bond donors (Lipinski definition) is 0. The van der Waals surface area contributed by atoms with E-state index in [0.717, 1.165) is 0 Å². The zero-order valence-electron chi connectivity index (χ0n) is 11.7. The lowest BCUT2D eigenvalue weighted by Crippen LogP contribution is -2.42. The van der Waals surface area contributed by atoms with Gasteiger partial charge < -0.3 is 14.9 Å². The molecule has 1 aliphatic heterocycles. The van der Waals surface area contributed by atoms with Crippen molar-refractivity contribution >= 4 is 5.91 Å². The number of amides is 1. The van der Waals surface area contributed by atoms with Crippen LogP contribution in [0.4, 0.5) is 0 Å². The number of hydrazine groups is 1. The van der Waals surface area contributed by atoms with Crippen molar-refractivity contribution in [3.8, 4) is 0 Å². The van der Waals surface area contributed by atoms with Gasteiger partial charge in [0.1, 0.15) is 0 Å². The summed E-state index contributed by atoms with van der Waals surface area (Å²) in [6.45, 7) is 8.38. The largest absolute Gasteiger partial charge is 0.569 e. The Morgan fingerprint density at radius 3 is 2.61 bits per heavy atom. The fourth-order valence-electron chi connectivity index (χ4n) is 1.52. The Labute approximate surface area is 108 Å². The van der Waals surface area contributed by atoms with E-state index in [9.17, 15) is 10.0 Å². The topological polar surface area (TPSA) is 71.2 Å². The summed E-state index contributed by atoms with van der Waals surface area (Å²) in [4.78, 5) is 18.4. The van der Waals surface area contributed by atoms with Gasteiger partial charge in [-0.1, -0.05) is 0 Å². The van der Waals surface area contributed by atoms with E-state index in [-0.39, 0.29) is 17.6 Å². The summed E-state index contributed by atoms with van der Waals surface area (Å²) in [6.07, 6.45) is 0.509. The molecule has 7 heteroatoms. The van der Waals surface area contributed by atoms with Crippen LogP contribution in [0.1, 0.15) is 34.1 Å². The van der Waals surface area contributed by atoms with Crippen LogP contribution in [-0.2, 0) is 9.63 Å². The van der Waals surface area contributed by atoms with E-state index in [1.165, 1.54) is 11.9 Å². The van der Waals surface area contributed by atoms with E-state index in [2.05, 4.69) is 5.28 Å². The van der Waals surface area contributed by atoms with Crippen LogP contribution in [0.5, 0.6) is 0 Å². The van der Waals surface area contributed by atoms with Crippen LogP contribution in [0.3, 0.4) is 0 Å². The van der Waals surface area contributed by atoms with Crippen LogP contribution >= 0.6 is 0 Å². The lowest BCUT2D eigenvalue weighted by molar-refractivity contribution is -0.720. The van der Waals surface area contributed by atoms with Gasteiger partial charge in [-0.15, -0.1) is 5.01 Å². The molecule has 0 spiro atoms. The summed E-state index contributed by atoms with van der Waals surface area (Å²) in [5, 5.41) is 16.6. The van der Waals surface area contributed by atoms with Crippen molar-refractivity contribution in [1.29, 1.82) is 0 Å². The Kier molecular flexibility index (Phi) is 4.37. The SMILES string of the molecule is CC(=O)N1CC[C@@H](O/N=[N+](\[O-])N(C)C(C)(C)C)C1. The molecule has 0 bridgehead atoms. The molecule has 1 atom stereocenters. The summed E-state index contributed by atoms with van der Waals surface area (Å²) in [6, 6.07) is 0. The quantitative estimate of drug-likeness (QED) is 0.432. The van der Waals surface area contributed by atoms with Gasteiger partial charge in [-0.25, -0.2) is 0 Å². The Hall–Kier alpha value is -1.53. The van der Waals surface area contributed by atoms with Crippen molar-refractivity contribution in [2.45, 2.75) is 45.8 Å². The molecular weight excluding hydrogens is 236 g/mol. The minimum Gasteiger partial charge on any atom is -0.569 e. The van der Waals surface area contributed by atoms with E-state index in [0.29, 0.717) is 24.5 Å². The molecule has 1 amide bonds. The molecule has 18 heavy (non-hydrogen) atoms. The highest BCUT2D eigenvalue weighted by atomic mass is 16.7. The zero-order valence-corrected chi connectivity index (χ0v) is 11.7. The fourth-order valence-corrected chi connectivity index (χ4v) is 1.52. The minimum absolute atomic E-state index is 0.0203. The Morgan fingerprint density at radius 2 is 2.17 bits per heavy atom. The van der Waals surface area contributed by atoms with Gasteiger partial charge in [-0.3, -0.25) is 4.79 Å². The third-order valence-electron chi connectivity index (χ3n) is 3.08. The van der Waals surface area contributed by atoms with E-state index >= 15 is 0 Å². The first kappa shape index (κ1) is 14.5. The van der Waals surface area contributed by atoms with E-state index in [1.54, 1.807) is 11.9 Å². The molecule has 0 aliphatic carbocycles. The van der Waals surface area contributed by atoms with Crippen LogP contribution in [0.25, 0.3) is 0 Å². The van der Waals surface area contributed by atoms with Crippen molar-refractivity contribution in [1.82, 2.24) is 9.91 Å². The standard InChI is InChI=1S/C11H22N4O3/c1-9(16)14-7-6-10(8-14)18-12-15(17)13(5)11(2,3)4/h10H,6-8H2,1-5H3/b15-12-/t10-/m1/s1. The highest BCUT2D eigenvalue weighted by molar-refractivity contribution is 5.73. The van der Waals surface area contributed by atoms with Crippen molar-refractivity contribution < 1.29 is 14.6 Å². The van der Waals surface area contributed by atoms with Gasteiger partial charge in [0, 0.05) is 19.9 Å². The number of rotatable bonds is 3. The van der Waals surface area contributed by atoms with Crippen molar-refractivity contribution in [3.63, 3.8) is 0 Å². The molecule has 1 heterocycles. The molecule has 0 aromatic rings. The highest BCUT2D eigenvalue weighted by Gasteiger charge is 2.28. The second kappa shape index (κ2) is 5.41. The summed E-state index contributed by atoms with van der Waals surface area (Å²) < 4.78 is 0. The second-order valence-corrected chi connectivity index (χ2v) is 5.51. The first-order valence-corrected chi connectivity index (χ1v) is 6.05. The van der Waals surface area contributed by atoms with Gasteiger partial charge in [0.25, 0.3) is 0 Å². The van der Waals surface area contributed by atoms with E-state index < -0.39 is 0 Å². The molecule has 0 N–H and O–H groups in total. The number of likely N-dealkylation sites (tertiary alicyclic amines) is 1. The van der Waals surface area contributed by atoms with Crippen molar-refractivity contribution in [3.05, 3.63) is 5.21 Å². The van der Waals surface area contributed by atoms with Crippen LogP contribution in [0.2, 0.25) is 0 Å². The van der Waals surface area contributed by atoms with Gasteiger partial charge in [-0.05, 0) is 20.8 Å². The third kappa shape index (κ3) is 3.75. The first-order valence-electron chi connectivity index (χ1n) is 6.05. The van der Waals surface area contributed by atoms with Crippen LogP contribution < -0.4 is 0 Å². The molecule has 1 rings (SSSR count). The Bertz CT molecular complexity index is 338. The molecule has 0 aromatic carbocycles. The maximum Gasteiger partial charge on any atom is 0.233 e. The highest BCUT2D eigenvalue weighted by Crippen LogP contribution is 2.14. The number of carbonyl (C=O) groups is 1. The maximum atomic E-state index is 11.6. The van der Waals surface area contributed by atoms with Gasteiger partial charge in [-0.2, -0.15) is 0 Å². The monoisotopic (exact) mass is 258 g/mol. The molecule has 0 radical (unpaired) electrons. The lowest BCUT2D eigenvalue weighted by Gasteiger charge is -2.26. The third-order valence-corrected chi connectivity index (χ3v) is 3.08. The Morgan fingerprint density at radius 1 is 1.56 bits per heavy atom. The first-order chi connectivity index (χ1) is 8.21. The van der Waals surface area contributed by atoms with Gasteiger partial charge in [0.05, 0.1) is 24.1 Å². The number of nitrogens with zero attached hydrogens (tertiary/aromatic N) is 4. The molecule has 1 saturated heterocycles. The number of carbonyl (C=O) groups excluding carboxylic acids is 1. The van der Waals surface area contributed by atoms with Gasteiger partial charge in [0.15, 0.2) is 6.10 Å². The van der Waals surface area contributed by atoms with Crippen molar-refractivity contribution in [2.75, 3.05) is 20.1 Å². The smallest absolute Gasteiger partial charge is 0.233 e.